The smallest absolute Gasteiger partial charge is 0.326 e. The van der Waals surface area contributed by atoms with E-state index in [1.807, 2.05) is 6.92 Å². The molecule has 2 aliphatic rings. The van der Waals surface area contributed by atoms with Crippen molar-refractivity contribution in [2.24, 2.45) is 23.0 Å². The van der Waals surface area contributed by atoms with E-state index >= 15 is 0 Å². The van der Waals surface area contributed by atoms with Gasteiger partial charge in [0.25, 0.3) is 0 Å². The Morgan fingerprint density at radius 2 is 1.86 bits per heavy atom. The number of amides is 1. The molecule has 21 heavy (non-hydrogen) atoms. The lowest BCUT2D eigenvalue weighted by Gasteiger charge is -2.45. The van der Waals surface area contributed by atoms with Crippen molar-refractivity contribution in [3.63, 3.8) is 0 Å². The summed E-state index contributed by atoms with van der Waals surface area (Å²) in [6.45, 7) is 5.01. The van der Waals surface area contributed by atoms with Crippen molar-refractivity contribution in [1.29, 1.82) is 0 Å². The van der Waals surface area contributed by atoms with Gasteiger partial charge in [-0.15, -0.1) is 0 Å². The zero-order chi connectivity index (χ0) is 15.6. The van der Waals surface area contributed by atoms with E-state index in [-0.39, 0.29) is 11.8 Å². The molecule has 1 heterocycles. The normalized spacial score (nSPS) is 37.3. The fourth-order valence-electron chi connectivity index (χ4n) is 3.92. The van der Waals surface area contributed by atoms with Gasteiger partial charge in [0.05, 0.1) is 5.41 Å². The number of piperidine rings is 1. The van der Waals surface area contributed by atoms with Gasteiger partial charge in [-0.05, 0) is 50.4 Å². The van der Waals surface area contributed by atoms with Crippen LogP contribution in [0.4, 0.5) is 0 Å². The molecule has 3 N–H and O–H groups in total. The molecule has 0 radical (unpaired) electrons. The van der Waals surface area contributed by atoms with Gasteiger partial charge in [-0.25, -0.2) is 4.79 Å². The SMILES string of the molecule is CC1CCC(CN)(C(=O)N2CCCC(C)C2C(=O)O)CC1. The number of likely N-dealkylation sites (tertiary alicyclic amines) is 1. The van der Waals surface area contributed by atoms with Gasteiger partial charge < -0.3 is 15.7 Å². The molecule has 2 atom stereocenters. The molecule has 1 amide bonds. The molecular weight excluding hydrogens is 268 g/mol. The molecule has 0 aromatic rings. The highest BCUT2D eigenvalue weighted by Crippen LogP contribution is 2.41. The number of hydrogen-bond donors (Lipinski definition) is 2. The van der Waals surface area contributed by atoms with Crippen molar-refractivity contribution in [3.8, 4) is 0 Å². The quantitative estimate of drug-likeness (QED) is 0.832. The minimum atomic E-state index is -0.883. The van der Waals surface area contributed by atoms with E-state index in [1.165, 1.54) is 0 Å². The third-order valence-electron chi connectivity index (χ3n) is 5.52. The minimum Gasteiger partial charge on any atom is -0.480 e. The first-order valence-electron chi connectivity index (χ1n) is 8.15. The summed E-state index contributed by atoms with van der Waals surface area (Å²) in [7, 11) is 0. The third-order valence-corrected chi connectivity index (χ3v) is 5.52. The van der Waals surface area contributed by atoms with Crippen LogP contribution < -0.4 is 5.73 Å². The Balaban J connectivity index is 2.21. The Bertz CT molecular complexity index is 402. The standard InChI is InChI=1S/C16H28N2O3/c1-11-5-7-16(10-17,8-6-11)15(21)18-9-3-4-12(2)13(18)14(19)20/h11-13H,3-10,17H2,1-2H3,(H,19,20). The molecular formula is C16H28N2O3. The largest absolute Gasteiger partial charge is 0.480 e. The average molecular weight is 296 g/mol. The third kappa shape index (κ3) is 3.07. The van der Waals surface area contributed by atoms with Gasteiger partial charge >= 0.3 is 5.97 Å². The highest BCUT2D eigenvalue weighted by molar-refractivity contribution is 5.88. The van der Waals surface area contributed by atoms with Crippen LogP contribution in [-0.2, 0) is 9.59 Å². The Kier molecular flexibility index (Phi) is 4.91. The van der Waals surface area contributed by atoms with Crippen molar-refractivity contribution >= 4 is 11.9 Å². The predicted octanol–water partition coefficient (Wildman–Crippen LogP) is 1.85. The van der Waals surface area contributed by atoms with Crippen LogP contribution in [0.5, 0.6) is 0 Å². The molecule has 0 aromatic heterocycles. The van der Waals surface area contributed by atoms with Crippen LogP contribution in [0.25, 0.3) is 0 Å². The number of carbonyl (C=O) groups is 2. The molecule has 0 aromatic carbocycles. The Morgan fingerprint density at radius 3 is 2.38 bits per heavy atom. The lowest BCUT2D eigenvalue weighted by atomic mass is 9.69. The number of aliphatic carboxylic acids is 1. The second-order valence-corrected chi connectivity index (χ2v) is 7.07. The Labute approximate surface area is 126 Å². The first-order chi connectivity index (χ1) is 9.91. The van der Waals surface area contributed by atoms with E-state index in [0.717, 1.165) is 38.5 Å². The van der Waals surface area contributed by atoms with E-state index in [4.69, 9.17) is 5.73 Å². The van der Waals surface area contributed by atoms with Crippen LogP contribution >= 0.6 is 0 Å². The monoisotopic (exact) mass is 296 g/mol. The zero-order valence-electron chi connectivity index (χ0n) is 13.2. The van der Waals surface area contributed by atoms with Gasteiger partial charge in [-0.2, -0.15) is 0 Å². The molecule has 0 bridgehead atoms. The Morgan fingerprint density at radius 1 is 1.24 bits per heavy atom. The van der Waals surface area contributed by atoms with Crippen molar-refractivity contribution < 1.29 is 14.7 Å². The van der Waals surface area contributed by atoms with Crippen LogP contribution in [0.1, 0.15) is 52.4 Å². The zero-order valence-corrected chi connectivity index (χ0v) is 13.2. The van der Waals surface area contributed by atoms with Gasteiger partial charge in [0, 0.05) is 13.1 Å². The minimum absolute atomic E-state index is 0.0116. The van der Waals surface area contributed by atoms with Crippen LogP contribution in [0, 0.1) is 17.3 Å². The van der Waals surface area contributed by atoms with Gasteiger partial charge in [-0.3, -0.25) is 4.79 Å². The van der Waals surface area contributed by atoms with Crippen molar-refractivity contribution in [3.05, 3.63) is 0 Å². The van der Waals surface area contributed by atoms with Crippen LogP contribution in [0.3, 0.4) is 0 Å². The fourth-order valence-corrected chi connectivity index (χ4v) is 3.92. The number of hydrogen-bond acceptors (Lipinski definition) is 3. The number of carbonyl (C=O) groups excluding carboxylic acids is 1. The van der Waals surface area contributed by atoms with E-state index < -0.39 is 17.4 Å². The van der Waals surface area contributed by atoms with Crippen molar-refractivity contribution in [2.75, 3.05) is 13.1 Å². The van der Waals surface area contributed by atoms with E-state index in [0.29, 0.717) is 19.0 Å². The highest BCUT2D eigenvalue weighted by Gasteiger charge is 2.47. The molecule has 0 spiro atoms. The first kappa shape index (κ1) is 16.3. The topological polar surface area (TPSA) is 83.6 Å². The summed E-state index contributed by atoms with van der Waals surface area (Å²) in [5, 5.41) is 9.50. The summed E-state index contributed by atoms with van der Waals surface area (Å²) in [6, 6.07) is -0.686. The van der Waals surface area contributed by atoms with Crippen LogP contribution in [-0.4, -0.2) is 41.0 Å². The molecule has 1 saturated heterocycles. The summed E-state index contributed by atoms with van der Waals surface area (Å²) < 4.78 is 0. The molecule has 5 heteroatoms. The number of rotatable bonds is 3. The molecule has 1 aliphatic heterocycles. The lowest BCUT2D eigenvalue weighted by Crippen LogP contribution is -2.58. The molecule has 5 nitrogen and oxygen atoms in total. The summed E-state index contributed by atoms with van der Waals surface area (Å²) in [6.07, 6.45) is 5.34. The molecule has 1 aliphatic carbocycles. The van der Waals surface area contributed by atoms with Gasteiger partial charge in [-0.1, -0.05) is 13.8 Å². The molecule has 2 unspecified atom stereocenters. The van der Waals surface area contributed by atoms with Crippen molar-refractivity contribution in [1.82, 2.24) is 4.90 Å². The van der Waals surface area contributed by atoms with Crippen molar-refractivity contribution in [2.45, 2.75) is 58.4 Å². The second kappa shape index (κ2) is 6.34. The summed E-state index contributed by atoms with van der Waals surface area (Å²) in [5.74, 6) is -0.256. The second-order valence-electron chi connectivity index (χ2n) is 7.07. The van der Waals surface area contributed by atoms with Crippen LogP contribution in [0.15, 0.2) is 0 Å². The summed E-state index contributed by atoms with van der Waals surface area (Å²) in [4.78, 5) is 26.2. The maximum Gasteiger partial charge on any atom is 0.326 e. The van der Waals surface area contributed by atoms with E-state index in [2.05, 4.69) is 6.92 Å². The Hall–Kier alpha value is -1.10. The van der Waals surface area contributed by atoms with Gasteiger partial charge in [0.1, 0.15) is 6.04 Å². The maximum absolute atomic E-state index is 13.1. The van der Waals surface area contributed by atoms with Crippen LogP contribution in [0.2, 0.25) is 0 Å². The molecule has 2 rings (SSSR count). The number of carboxylic acids is 1. The van der Waals surface area contributed by atoms with E-state index in [9.17, 15) is 14.7 Å². The number of nitrogens with two attached hydrogens (primary N) is 1. The van der Waals surface area contributed by atoms with Gasteiger partial charge in [0.2, 0.25) is 5.91 Å². The molecule has 2 fully saturated rings. The number of carboxylic acid groups (broad SMARTS) is 1. The predicted molar refractivity (Wildman–Crippen MR) is 80.7 cm³/mol. The number of nitrogens with zero attached hydrogens (tertiary/aromatic N) is 1. The van der Waals surface area contributed by atoms with E-state index in [1.54, 1.807) is 4.90 Å². The fraction of sp³-hybridized carbons (Fsp3) is 0.875. The molecule has 120 valence electrons. The lowest BCUT2D eigenvalue weighted by molar-refractivity contribution is -0.161. The first-order valence-corrected chi connectivity index (χ1v) is 8.15. The maximum atomic E-state index is 13.1. The average Bonchev–Trinajstić information content (AvgIpc) is 2.47. The van der Waals surface area contributed by atoms with Gasteiger partial charge in [0.15, 0.2) is 0 Å². The summed E-state index contributed by atoms with van der Waals surface area (Å²) >= 11 is 0. The molecule has 1 saturated carbocycles. The highest BCUT2D eigenvalue weighted by atomic mass is 16.4. The summed E-state index contributed by atoms with van der Waals surface area (Å²) in [5.41, 5.74) is 5.42.